The molecular formula is C20H21NO3S. The molecule has 0 unspecified atom stereocenters. The SMILES string of the molecule is CSc1ccc(C=CC(=O)c2ccc(OCC(=O)N(C)C)cc2)cc1. The highest BCUT2D eigenvalue weighted by Crippen LogP contribution is 2.16. The Labute approximate surface area is 152 Å². The third kappa shape index (κ3) is 5.80. The average Bonchev–Trinajstić information content (AvgIpc) is 2.64. The van der Waals surface area contributed by atoms with E-state index in [1.165, 1.54) is 9.80 Å². The number of allylic oxidation sites excluding steroid dienone is 1. The summed E-state index contributed by atoms with van der Waals surface area (Å²) in [4.78, 5) is 26.4. The minimum Gasteiger partial charge on any atom is -0.484 e. The molecule has 5 heteroatoms. The fraction of sp³-hybridized carbons (Fsp3) is 0.200. The van der Waals surface area contributed by atoms with E-state index in [9.17, 15) is 9.59 Å². The van der Waals surface area contributed by atoms with Crippen LogP contribution in [-0.2, 0) is 4.79 Å². The minimum absolute atomic E-state index is 0.0216. The minimum atomic E-state index is -0.115. The molecule has 0 heterocycles. The van der Waals surface area contributed by atoms with Gasteiger partial charge in [0.2, 0.25) is 0 Å². The van der Waals surface area contributed by atoms with Gasteiger partial charge in [0, 0.05) is 24.6 Å². The summed E-state index contributed by atoms with van der Waals surface area (Å²) in [7, 11) is 3.35. The van der Waals surface area contributed by atoms with Gasteiger partial charge in [-0.05, 0) is 54.3 Å². The maximum Gasteiger partial charge on any atom is 0.259 e. The molecule has 0 saturated carbocycles. The van der Waals surface area contributed by atoms with E-state index >= 15 is 0 Å². The Balaban J connectivity index is 1.95. The molecule has 0 aliphatic heterocycles. The highest BCUT2D eigenvalue weighted by Gasteiger charge is 2.06. The Hall–Kier alpha value is -2.53. The van der Waals surface area contributed by atoms with Gasteiger partial charge in [-0.15, -0.1) is 11.8 Å². The van der Waals surface area contributed by atoms with Gasteiger partial charge in [0.15, 0.2) is 12.4 Å². The monoisotopic (exact) mass is 355 g/mol. The molecule has 25 heavy (non-hydrogen) atoms. The summed E-state index contributed by atoms with van der Waals surface area (Å²) in [6, 6.07) is 14.8. The maximum atomic E-state index is 12.2. The molecule has 0 aromatic heterocycles. The van der Waals surface area contributed by atoms with Gasteiger partial charge in [0.1, 0.15) is 5.75 Å². The fourth-order valence-electron chi connectivity index (χ4n) is 1.97. The average molecular weight is 355 g/mol. The van der Waals surface area contributed by atoms with Crippen molar-refractivity contribution < 1.29 is 14.3 Å². The first kappa shape index (κ1) is 18.8. The van der Waals surface area contributed by atoms with E-state index in [0.29, 0.717) is 11.3 Å². The number of carbonyl (C=O) groups is 2. The number of hydrogen-bond donors (Lipinski definition) is 0. The van der Waals surface area contributed by atoms with Gasteiger partial charge < -0.3 is 9.64 Å². The highest BCUT2D eigenvalue weighted by molar-refractivity contribution is 7.98. The zero-order valence-electron chi connectivity index (χ0n) is 14.6. The molecule has 2 rings (SSSR count). The molecule has 4 nitrogen and oxygen atoms in total. The number of ketones is 1. The number of amides is 1. The van der Waals surface area contributed by atoms with E-state index in [-0.39, 0.29) is 18.3 Å². The summed E-state index contributed by atoms with van der Waals surface area (Å²) in [6.07, 6.45) is 5.38. The molecule has 0 aliphatic rings. The Morgan fingerprint density at radius 2 is 1.68 bits per heavy atom. The summed E-state index contributed by atoms with van der Waals surface area (Å²) in [5, 5.41) is 0. The normalized spacial score (nSPS) is 10.7. The van der Waals surface area contributed by atoms with Gasteiger partial charge >= 0.3 is 0 Å². The topological polar surface area (TPSA) is 46.6 Å². The largest absolute Gasteiger partial charge is 0.484 e. The van der Waals surface area contributed by atoms with E-state index < -0.39 is 0 Å². The van der Waals surface area contributed by atoms with Gasteiger partial charge in [0.05, 0.1) is 0 Å². The van der Waals surface area contributed by atoms with Crippen LogP contribution < -0.4 is 4.74 Å². The number of carbonyl (C=O) groups excluding carboxylic acids is 2. The third-order valence-corrected chi connectivity index (χ3v) is 4.29. The van der Waals surface area contributed by atoms with E-state index in [1.54, 1.807) is 62.3 Å². The van der Waals surface area contributed by atoms with Crippen LogP contribution in [0.25, 0.3) is 6.08 Å². The molecule has 2 aromatic carbocycles. The molecule has 0 radical (unpaired) electrons. The zero-order chi connectivity index (χ0) is 18.2. The van der Waals surface area contributed by atoms with Gasteiger partial charge in [0.25, 0.3) is 5.91 Å². The molecule has 0 spiro atoms. The summed E-state index contributed by atoms with van der Waals surface area (Å²) in [6.45, 7) is -0.0216. The molecule has 130 valence electrons. The Kier molecular flexibility index (Phi) is 6.83. The number of likely N-dealkylation sites (N-methyl/N-ethyl adjacent to an activating group) is 1. The smallest absolute Gasteiger partial charge is 0.259 e. The van der Waals surface area contributed by atoms with Crippen LogP contribution in [0, 0.1) is 0 Å². The molecule has 0 atom stereocenters. The van der Waals surface area contributed by atoms with Crippen molar-refractivity contribution in [3.63, 3.8) is 0 Å². The summed E-state index contributed by atoms with van der Waals surface area (Å²) >= 11 is 1.68. The summed E-state index contributed by atoms with van der Waals surface area (Å²) in [5.41, 5.74) is 1.55. The molecule has 0 fully saturated rings. The molecular weight excluding hydrogens is 334 g/mol. The number of thioether (sulfide) groups is 1. The van der Waals surface area contributed by atoms with Crippen LogP contribution in [0.5, 0.6) is 5.75 Å². The second kappa shape index (κ2) is 9.08. The van der Waals surface area contributed by atoms with E-state index in [2.05, 4.69) is 0 Å². The third-order valence-electron chi connectivity index (χ3n) is 3.54. The maximum absolute atomic E-state index is 12.2. The van der Waals surface area contributed by atoms with Crippen LogP contribution in [0.4, 0.5) is 0 Å². The van der Waals surface area contributed by atoms with Crippen molar-refractivity contribution in [2.45, 2.75) is 4.90 Å². The van der Waals surface area contributed by atoms with Crippen LogP contribution in [-0.4, -0.2) is 43.5 Å². The van der Waals surface area contributed by atoms with Gasteiger partial charge in [-0.25, -0.2) is 0 Å². The van der Waals surface area contributed by atoms with E-state index in [4.69, 9.17) is 4.74 Å². The first-order valence-corrected chi connectivity index (χ1v) is 9.01. The van der Waals surface area contributed by atoms with Crippen molar-refractivity contribution in [2.75, 3.05) is 27.0 Å². The van der Waals surface area contributed by atoms with E-state index in [0.717, 1.165) is 5.56 Å². The quantitative estimate of drug-likeness (QED) is 0.431. The molecule has 0 bridgehead atoms. The number of hydrogen-bond acceptors (Lipinski definition) is 4. The lowest BCUT2D eigenvalue weighted by Gasteiger charge is -2.11. The van der Waals surface area contributed by atoms with Gasteiger partial charge in [-0.1, -0.05) is 18.2 Å². The standard InChI is InChI=1S/C20H21NO3S/c1-21(2)20(23)14-24-17-9-7-16(8-10-17)19(22)13-6-15-4-11-18(25-3)12-5-15/h4-13H,14H2,1-3H3. The number of rotatable bonds is 7. The Morgan fingerprint density at radius 1 is 1.04 bits per heavy atom. The number of benzene rings is 2. The molecule has 2 aromatic rings. The van der Waals surface area contributed by atoms with Crippen molar-refractivity contribution in [3.8, 4) is 5.75 Å². The Morgan fingerprint density at radius 3 is 2.24 bits per heavy atom. The van der Waals surface area contributed by atoms with Crippen molar-refractivity contribution in [2.24, 2.45) is 0 Å². The first-order valence-electron chi connectivity index (χ1n) is 7.79. The zero-order valence-corrected chi connectivity index (χ0v) is 15.4. The second-order valence-electron chi connectivity index (χ2n) is 5.57. The van der Waals surface area contributed by atoms with Crippen LogP contribution in [0.2, 0.25) is 0 Å². The second-order valence-corrected chi connectivity index (χ2v) is 6.45. The predicted octanol–water partition coefficient (Wildman–Crippen LogP) is 3.77. The summed E-state index contributed by atoms with van der Waals surface area (Å²) < 4.78 is 5.39. The fourth-order valence-corrected chi connectivity index (χ4v) is 2.38. The van der Waals surface area contributed by atoms with Crippen molar-refractivity contribution in [1.29, 1.82) is 0 Å². The van der Waals surface area contributed by atoms with Crippen LogP contribution in [0.15, 0.2) is 59.5 Å². The lowest BCUT2D eigenvalue weighted by molar-refractivity contribution is -0.130. The van der Waals surface area contributed by atoms with Crippen LogP contribution >= 0.6 is 11.8 Å². The molecule has 1 amide bonds. The van der Waals surface area contributed by atoms with Crippen molar-refractivity contribution in [1.82, 2.24) is 4.90 Å². The lowest BCUT2D eigenvalue weighted by atomic mass is 10.1. The van der Waals surface area contributed by atoms with E-state index in [1.807, 2.05) is 30.5 Å². The van der Waals surface area contributed by atoms with Crippen LogP contribution in [0.1, 0.15) is 15.9 Å². The van der Waals surface area contributed by atoms with Gasteiger partial charge in [-0.2, -0.15) is 0 Å². The van der Waals surface area contributed by atoms with Crippen molar-refractivity contribution >= 4 is 29.5 Å². The summed E-state index contributed by atoms with van der Waals surface area (Å²) in [5.74, 6) is 0.365. The number of ether oxygens (including phenoxy) is 1. The predicted molar refractivity (Wildman–Crippen MR) is 102 cm³/mol. The van der Waals surface area contributed by atoms with Crippen LogP contribution in [0.3, 0.4) is 0 Å². The van der Waals surface area contributed by atoms with Gasteiger partial charge in [-0.3, -0.25) is 9.59 Å². The molecule has 0 N–H and O–H groups in total. The Bertz CT molecular complexity index is 750. The lowest BCUT2D eigenvalue weighted by Crippen LogP contribution is -2.27. The van der Waals surface area contributed by atoms with Crippen molar-refractivity contribution in [3.05, 3.63) is 65.7 Å². The first-order chi connectivity index (χ1) is 12.0. The highest BCUT2D eigenvalue weighted by atomic mass is 32.2. The number of nitrogens with zero attached hydrogens (tertiary/aromatic N) is 1. The molecule has 0 saturated heterocycles. The molecule has 0 aliphatic carbocycles.